The lowest BCUT2D eigenvalue weighted by Crippen LogP contribution is -2.62. The molecule has 204 valence electrons. The van der Waals surface area contributed by atoms with Crippen molar-refractivity contribution in [2.75, 3.05) is 26.6 Å². The molecule has 1 amide bonds. The van der Waals surface area contributed by atoms with Crippen LogP contribution >= 0.6 is 11.6 Å². The van der Waals surface area contributed by atoms with Gasteiger partial charge in [-0.2, -0.15) is 0 Å². The molecule has 1 aromatic carbocycles. The highest BCUT2D eigenvalue weighted by atomic mass is 35.5. The molecule has 2 aliphatic rings. The summed E-state index contributed by atoms with van der Waals surface area (Å²) in [6, 6.07) is 3.87. The third kappa shape index (κ3) is 7.25. The van der Waals surface area contributed by atoms with Crippen LogP contribution in [0.3, 0.4) is 0 Å². The Balaban J connectivity index is 1.65. The maximum Gasteiger partial charge on any atom is 0.409 e. The first-order valence-electron chi connectivity index (χ1n) is 12.3. The number of amides is 1. The number of carbonyl (C=O) groups is 2. The smallest absolute Gasteiger partial charge is 0.409 e. The molecule has 1 aromatic rings. The Kier molecular flexibility index (Phi) is 9.63. The van der Waals surface area contributed by atoms with Crippen molar-refractivity contribution < 1.29 is 33.6 Å². The summed E-state index contributed by atoms with van der Waals surface area (Å²) in [5.74, 6) is 0.596. The number of aldehydes is 1. The van der Waals surface area contributed by atoms with Gasteiger partial charge in [-0.3, -0.25) is 5.32 Å². The van der Waals surface area contributed by atoms with E-state index in [0.29, 0.717) is 36.5 Å². The van der Waals surface area contributed by atoms with E-state index in [0.717, 1.165) is 23.1 Å². The lowest BCUT2D eigenvalue weighted by atomic mass is 9.91. The first kappa shape index (κ1) is 29.0. The fourth-order valence-electron chi connectivity index (χ4n) is 4.73. The second-order valence-corrected chi connectivity index (χ2v) is 10.2. The van der Waals surface area contributed by atoms with Crippen molar-refractivity contribution in [3.63, 3.8) is 0 Å². The van der Waals surface area contributed by atoms with Crippen LogP contribution in [0.4, 0.5) is 10.5 Å². The normalized spacial score (nSPS) is 28.4. The molecule has 2 heterocycles. The van der Waals surface area contributed by atoms with Gasteiger partial charge in [0.2, 0.25) is 0 Å². The fraction of sp³-hybridized carbons (Fsp3) is 0.556. The van der Waals surface area contributed by atoms with Crippen LogP contribution in [0.2, 0.25) is 5.02 Å². The van der Waals surface area contributed by atoms with E-state index in [2.05, 4.69) is 10.6 Å². The topological polar surface area (TPSA) is 119 Å². The second-order valence-electron chi connectivity index (χ2n) is 9.78. The summed E-state index contributed by atoms with van der Waals surface area (Å²) in [6.07, 6.45) is 6.33. The summed E-state index contributed by atoms with van der Waals surface area (Å²) in [4.78, 5) is 23.0. The number of hydrogen-bond donors (Lipinski definition) is 3. The van der Waals surface area contributed by atoms with Gasteiger partial charge in [0, 0.05) is 33.4 Å². The molecule has 0 spiro atoms. The van der Waals surface area contributed by atoms with E-state index in [-0.39, 0.29) is 12.5 Å². The van der Waals surface area contributed by atoms with E-state index < -0.39 is 29.6 Å². The van der Waals surface area contributed by atoms with E-state index in [1.54, 1.807) is 26.3 Å². The molecule has 5 atom stereocenters. The largest absolute Gasteiger partial charge is 0.495 e. The Hall–Kier alpha value is -2.59. The third-order valence-corrected chi connectivity index (χ3v) is 7.25. The summed E-state index contributed by atoms with van der Waals surface area (Å²) >= 11 is 6.32. The molecule has 2 saturated heterocycles. The van der Waals surface area contributed by atoms with E-state index in [1.165, 1.54) is 7.11 Å². The van der Waals surface area contributed by atoms with Crippen LogP contribution in [-0.2, 0) is 25.4 Å². The van der Waals surface area contributed by atoms with Crippen molar-refractivity contribution in [2.45, 2.75) is 75.6 Å². The third-order valence-electron chi connectivity index (χ3n) is 6.86. The minimum atomic E-state index is -1.65. The number of aliphatic hydroxyl groups is 1. The van der Waals surface area contributed by atoms with Gasteiger partial charge in [-0.25, -0.2) is 4.79 Å². The van der Waals surface area contributed by atoms with E-state index >= 15 is 0 Å². The minimum absolute atomic E-state index is 0.130. The first-order valence-corrected chi connectivity index (χ1v) is 12.7. The van der Waals surface area contributed by atoms with Gasteiger partial charge in [0.25, 0.3) is 0 Å². The van der Waals surface area contributed by atoms with Gasteiger partial charge < -0.3 is 34.2 Å². The van der Waals surface area contributed by atoms with Crippen molar-refractivity contribution in [1.82, 2.24) is 5.32 Å². The Morgan fingerprint density at radius 3 is 2.81 bits per heavy atom. The number of ether oxygens (including phenoxy) is 4. The molecule has 0 radical (unpaired) electrons. The van der Waals surface area contributed by atoms with Crippen LogP contribution in [0.1, 0.15) is 45.1 Å². The monoisotopic (exact) mass is 536 g/mol. The summed E-state index contributed by atoms with van der Waals surface area (Å²) in [6.45, 7) is 3.93. The Bertz CT molecular complexity index is 1020. The van der Waals surface area contributed by atoms with Crippen LogP contribution in [0, 0.1) is 0 Å². The quantitative estimate of drug-likeness (QED) is 0.195. The van der Waals surface area contributed by atoms with Crippen molar-refractivity contribution in [2.24, 2.45) is 0 Å². The van der Waals surface area contributed by atoms with Crippen molar-refractivity contribution in [3.8, 4) is 5.75 Å². The van der Waals surface area contributed by atoms with Crippen LogP contribution in [0.5, 0.6) is 5.75 Å². The predicted molar refractivity (Wildman–Crippen MR) is 141 cm³/mol. The van der Waals surface area contributed by atoms with Crippen LogP contribution in [0.15, 0.2) is 35.9 Å². The number of carbonyl (C=O) groups excluding carboxylic acids is 2. The van der Waals surface area contributed by atoms with E-state index in [9.17, 15) is 14.7 Å². The molecule has 3 N–H and O–H groups in total. The summed E-state index contributed by atoms with van der Waals surface area (Å²) in [5, 5.41) is 17.4. The van der Waals surface area contributed by atoms with Gasteiger partial charge in [-0.05, 0) is 44.4 Å². The number of hydrogen-bond acceptors (Lipinski definition) is 8. The van der Waals surface area contributed by atoms with Gasteiger partial charge in [-0.1, -0.05) is 35.4 Å². The number of methoxy groups -OCH3 is 2. The number of halogens is 1. The zero-order chi connectivity index (χ0) is 27.2. The zero-order valence-corrected chi connectivity index (χ0v) is 22.8. The summed E-state index contributed by atoms with van der Waals surface area (Å²) in [5.41, 5.74) is 0.815. The van der Waals surface area contributed by atoms with Crippen molar-refractivity contribution >= 4 is 29.7 Å². The number of cyclic esters (lactones) is 1. The highest BCUT2D eigenvalue weighted by Gasteiger charge is 2.54. The first-order chi connectivity index (χ1) is 17.6. The van der Waals surface area contributed by atoms with Crippen LogP contribution in [0.25, 0.3) is 0 Å². The molecule has 2 fully saturated rings. The van der Waals surface area contributed by atoms with E-state index in [4.69, 9.17) is 30.5 Å². The standard InChI is InChI=1S/C27H37ClN2O7/c1-17(12-18-13-20(29-3)24(28)21(14-18)34-4)8-6-9-22(35-5)27(33)16-19(36-25(32)30-27)15-23-26(2,37-23)10-7-11-31/h6,8-9,11,13-14,19,22-23,29,33H,7,10,12,15-16H2,1-5H3,(H,30,32)/b9-6+,17-8+/t19?,22-,23?,26?,27+/m1/s1. The minimum Gasteiger partial charge on any atom is -0.495 e. The molecular formula is C27H37ClN2O7. The number of rotatable bonds is 13. The highest BCUT2D eigenvalue weighted by Crippen LogP contribution is 2.44. The van der Waals surface area contributed by atoms with Gasteiger partial charge in [0.15, 0.2) is 5.72 Å². The molecule has 0 saturated carbocycles. The average molecular weight is 537 g/mol. The number of benzene rings is 1. The summed E-state index contributed by atoms with van der Waals surface area (Å²) in [7, 11) is 4.85. The molecular weight excluding hydrogens is 500 g/mol. The second kappa shape index (κ2) is 12.3. The van der Waals surface area contributed by atoms with Gasteiger partial charge in [0.1, 0.15) is 29.3 Å². The Morgan fingerprint density at radius 2 is 2.16 bits per heavy atom. The maximum atomic E-state index is 12.3. The molecule has 0 bridgehead atoms. The number of allylic oxidation sites excluding steroid dienone is 3. The van der Waals surface area contributed by atoms with Crippen LogP contribution < -0.4 is 15.4 Å². The number of nitrogens with one attached hydrogen (secondary N) is 2. The SMILES string of the molecule is CNc1cc(C/C(C)=C/C=C/[C@@H](OC)[C@@]2(O)CC(CC3OC3(C)CCC=O)OC(=O)N2)cc(OC)c1Cl. The highest BCUT2D eigenvalue weighted by molar-refractivity contribution is 6.34. The molecule has 0 aliphatic carbocycles. The lowest BCUT2D eigenvalue weighted by molar-refractivity contribution is -0.135. The molecule has 9 nitrogen and oxygen atoms in total. The molecule has 10 heteroatoms. The lowest BCUT2D eigenvalue weighted by Gasteiger charge is -2.40. The average Bonchev–Trinajstić information content (AvgIpc) is 3.49. The number of anilines is 1. The number of epoxide rings is 1. The van der Waals surface area contributed by atoms with Crippen LogP contribution in [-0.4, -0.2) is 68.4 Å². The summed E-state index contributed by atoms with van der Waals surface area (Å²) < 4.78 is 22.1. The molecule has 3 unspecified atom stereocenters. The maximum absolute atomic E-state index is 12.3. The Labute approximate surface area is 223 Å². The molecule has 3 rings (SSSR count). The predicted octanol–water partition coefficient (Wildman–Crippen LogP) is 4.16. The van der Waals surface area contributed by atoms with Crippen molar-refractivity contribution in [1.29, 1.82) is 0 Å². The molecule has 2 aliphatic heterocycles. The van der Waals surface area contributed by atoms with Crippen molar-refractivity contribution in [3.05, 3.63) is 46.5 Å². The zero-order valence-electron chi connectivity index (χ0n) is 22.0. The molecule has 0 aromatic heterocycles. The van der Waals surface area contributed by atoms with E-state index in [1.807, 2.05) is 32.1 Å². The molecule has 37 heavy (non-hydrogen) atoms. The number of alkyl carbamates (subject to hydrolysis) is 1. The van der Waals surface area contributed by atoms with Gasteiger partial charge >= 0.3 is 6.09 Å². The Morgan fingerprint density at radius 1 is 1.41 bits per heavy atom. The van der Waals surface area contributed by atoms with Gasteiger partial charge in [-0.15, -0.1) is 0 Å². The van der Waals surface area contributed by atoms with Gasteiger partial charge in [0.05, 0.1) is 24.5 Å². The fourth-order valence-corrected chi connectivity index (χ4v) is 5.01.